The highest BCUT2D eigenvalue weighted by Gasteiger charge is 2.29. The van der Waals surface area contributed by atoms with Crippen molar-refractivity contribution in [2.24, 2.45) is 4.99 Å². The van der Waals surface area contributed by atoms with Crippen LogP contribution in [0.4, 0.5) is 13.2 Å². The summed E-state index contributed by atoms with van der Waals surface area (Å²) in [6.45, 7) is 6.19. The smallest absolute Gasteiger partial charge is 0.286 e. The largest absolute Gasteiger partial charge is 0.412 e. The number of nitrogens with zero attached hydrogens (tertiary/aromatic N) is 1. The Bertz CT molecular complexity index is 236. The van der Waals surface area contributed by atoms with Gasteiger partial charge in [0, 0.05) is 11.3 Å². The summed E-state index contributed by atoms with van der Waals surface area (Å²) in [6.07, 6.45) is -1.69. The zero-order chi connectivity index (χ0) is 10.5. The van der Waals surface area contributed by atoms with Gasteiger partial charge < -0.3 is 0 Å². The van der Waals surface area contributed by atoms with Gasteiger partial charge in [0.05, 0.1) is 6.54 Å². The third-order valence-corrected chi connectivity index (χ3v) is 1.48. The molecule has 0 atom stereocenters. The van der Waals surface area contributed by atoms with E-state index >= 15 is 0 Å². The van der Waals surface area contributed by atoms with E-state index in [9.17, 15) is 13.2 Å². The van der Waals surface area contributed by atoms with Gasteiger partial charge in [0.1, 0.15) is 0 Å². The van der Waals surface area contributed by atoms with Gasteiger partial charge in [-0.3, -0.25) is 4.99 Å². The first kappa shape index (κ1) is 11.9. The van der Waals surface area contributed by atoms with Gasteiger partial charge in [-0.05, 0) is 19.9 Å². The molecule has 0 fully saturated rings. The van der Waals surface area contributed by atoms with Crippen LogP contribution in [0.5, 0.6) is 0 Å². The Morgan fingerprint density at radius 1 is 1.38 bits per heavy atom. The molecule has 74 valence electrons. The molecule has 0 aliphatic rings. The second kappa shape index (κ2) is 4.84. The minimum absolute atomic E-state index is 0.0448. The normalized spacial score (nSPS) is 14.5. The molecule has 0 saturated heterocycles. The van der Waals surface area contributed by atoms with E-state index in [4.69, 9.17) is 0 Å². The van der Waals surface area contributed by atoms with Crippen molar-refractivity contribution >= 4 is 5.71 Å². The van der Waals surface area contributed by atoms with Crippen LogP contribution in [-0.4, -0.2) is 18.4 Å². The Hall–Kier alpha value is -1.06. The predicted molar refractivity (Wildman–Crippen MR) is 48.0 cm³/mol. The molecule has 0 unspecified atom stereocenters. The molecule has 1 nitrogen and oxygen atoms in total. The van der Waals surface area contributed by atoms with Crippen LogP contribution in [0.3, 0.4) is 0 Å². The maximum Gasteiger partial charge on any atom is 0.412 e. The van der Waals surface area contributed by atoms with Crippen LogP contribution >= 0.6 is 0 Å². The van der Waals surface area contributed by atoms with E-state index in [1.165, 1.54) is 6.08 Å². The zero-order valence-corrected chi connectivity index (χ0v) is 7.65. The molecule has 0 radical (unpaired) electrons. The monoisotopic (exact) mass is 191 g/mol. The molecule has 0 amide bonds. The lowest BCUT2D eigenvalue weighted by molar-refractivity contribution is -0.0914. The quantitative estimate of drug-likeness (QED) is 0.480. The van der Waals surface area contributed by atoms with Crippen molar-refractivity contribution in [1.29, 1.82) is 0 Å². The summed E-state index contributed by atoms with van der Waals surface area (Å²) in [5.41, 5.74) is 0.0133. The molecule has 13 heavy (non-hydrogen) atoms. The number of aliphatic imine (C=N–C) groups is 1. The Kier molecular flexibility index (Phi) is 4.45. The number of allylic oxidation sites excluding steroid dienone is 2. The molecule has 0 rings (SSSR count). The van der Waals surface area contributed by atoms with E-state index in [1.807, 2.05) is 0 Å². The molecule has 0 saturated carbocycles. The van der Waals surface area contributed by atoms with Crippen LogP contribution in [0, 0.1) is 0 Å². The van der Waals surface area contributed by atoms with Gasteiger partial charge in [0.25, 0.3) is 0 Å². The van der Waals surface area contributed by atoms with Gasteiger partial charge in [-0.1, -0.05) is 12.7 Å². The lowest BCUT2D eigenvalue weighted by Gasteiger charge is -2.04. The van der Waals surface area contributed by atoms with Gasteiger partial charge in [-0.2, -0.15) is 13.2 Å². The minimum atomic E-state index is -4.24. The van der Waals surface area contributed by atoms with Crippen molar-refractivity contribution in [1.82, 2.24) is 0 Å². The van der Waals surface area contributed by atoms with Gasteiger partial charge in [0.15, 0.2) is 0 Å². The summed E-state index contributed by atoms with van der Waals surface area (Å²) < 4.78 is 35.8. The van der Waals surface area contributed by atoms with Gasteiger partial charge in [-0.15, -0.1) is 0 Å². The molecule has 0 N–H and O–H groups in total. The van der Waals surface area contributed by atoms with Crippen molar-refractivity contribution in [3.8, 4) is 0 Å². The first-order chi connectivity index (χ1) is 5.88. The summed E-state index contributed by atoms with van der Waals surface area (Å²) in [4.78, 5) is 3.82. The van der Waals surface area contributed by atoms with Gasteiger partial charge >= 0.3 is 6.18 Å². The Labute approximate surface area is 75.7 Å². The van der Waals surface area contributed by atoms with E-state index in [0.717, 1.165) is 13.0 Å². The Morgan fingerprint density at radius 3 is 2.31 bits per heavy atom. The molecule has 0 aromatic heterocycles. The molecule has 0 aliphatic carbocycles. The second-order valence-corrected chi connectivity index (χ2v) is 2.57. The Balaban J connectivity index is 4.21. The molecule has 0 spiro atoms. The van der Waals surface area contributed by atoms with Crippen LogP contribution in [-0.2, 0) is 0 Å². The lowest BCUT2D eigenvalue weighted by Crippen LogP contribution is -2.09. The average molecular weight is 191 g/mol. The first-order valence-electron chi connectivity index (χ1n) is 3.75. The molecule has 0 heterocycles. The van der Waals surface area contributed by atoms with Crippen molar-refractivity contribution < 1.29 is 13.2 Å². The van der Waals surface area contributed by atoms with Crippen molar-refractivity contribution in [2.45, 2.75) is 20.0 Å². The van der Waals surface area contributed by atoms with Crippen molar-refractivity contribution in [3.05, 3.63) is 24.3 Å². The summed E-state index contributed by atoms with van der Waals surface area (Å²) in [6, 6.07) is 0. The topological polar surface area (TPSA) is 12.4 Å². The van der Waals surface area contributed by atoms with E-state index < -0.39 is 11.7 Å². The summed E-state index contributed by atoms with van der Waals surface area (Å²) in [7, 11) is 0. The maximum absolute atomic E-state index is 11.9. The van der Waals surface area contributed by atoms with Crippen LogP contribution < -0.4 is 0 Å². The third kappa shape index (κ3) is 5.22. The van der Waals surface area contributed by atoms with Gasteiger partial charge in [-0.25, -0.2) is 0 Å². The molecular formula is C9H12F3N. The summed E-state index contributed by atoms with van der Waals surface area (Å²) in [5, 5.41) is 0. The highest BCUT2D eigenvalue weighted by atomic mass is 19.4. The molecule has 0 aromatic rings. The second-order valence-electron chi connectivity index (χ2n) is 2.57. The predicted octanol–water partition coefficient (Wildman–Crippen LogP) is 3.14. The number of hydrogen-bond donors (Lipinski definition) is 0. The fourth-order valence-electron chi connectivity index (χ4n) is 0.507. The highest BCUT2D eigenvalue weighted by molar-refractivity contribution is 5.92. The maximum atomic E-state index is 11.9. The number of halogens is 3. The molecular weight excluding hydrogens is 179 g/mol. The van der Waals surface area contributed by atoms with Crippen LogP contribution in [0.25, 0.3) is 0 Å². The minimum Gasteiger partial charge on any atom is -0.286 e. The van der Waals surface area contributed by atoms with Crippen LogP contribution in [0.15, 0.2) is 29.3 Å². The molecule has 4 heteroatoms. The molecule has 0 aliphatic heterocycles. The fraction of sp³-hybridized carbons (Fsp3) is 0.444. The van der Waals surface area contributed by atoms with Crippen molar-refractivity contribution in [3.63, 3.8) is 0 Å². The van der Waals surface area contributed by atoms with E-state index in [-0.39, 0.29) is 6.54 Å². The number of hydrogen-bond acceptors (Lipinski definition) is 1. The third-order valence-electron chi connectivity index (χ3n) is 1.48. The van der Waals surface area contributed by atoms with Crippen LogP contribution in [0.1, 0.15) is 13.8 Å². The zero-order valence-electron chi connectivity index (χ0n) is 7.65. The summed E-state index contributed by atoms with van der Waals surface area (Å²) >= 11 is 0. The van der Waals surface area contributed by atoms with Crippen LogP contribution in [0.2, 0.25) is 0 Å². The van der Waals surface area contributed by atoms with Gasteiger partial charge in [0.2, 0.25) is 0 Å². The fourth-order valence-corrected chi connectivity index (χ4v) is 0.507. The molecule has 0 aromatic carbocycles. The lowest BCUT2D eigenvalue weighted by atomic mass is 10.3. The standard InChI is InChI=1S/C9H12F3N/c1-4-8(3)13-6-5-7(2)9(10,11)12/h4-5H,1,6H2,2-3H3/b7-5+,13-8-. The highest BCUT2D eigenvalue weighted by Crippen LogP contribution is 2.24. The summed E-state index contributed by atoms with van der Waals surface area (Å²) in [5.74, 6) is 0. The SMILES string of the molecule is C=C/C(C)=N\C/C=C(\C)C(F)(F)F. The Morgan fingerprint density at radius 2 is 1.92 bits per heavy atom. The van der Waals surface area contributed by atoms with E-state index in [1.54, 1.807) is 6.92 Å². The molecule has 0 bridgehead atoms. The average Bonchev–Trinajstić information content (AvgIpc) is 2.02. The number of alkyl halides is 3. The van der Waals surface area contributed by atoms with E-state index in [0.29, 0.717) is 5.71 Å². The number of rotatable bonds is 3. The van der Waals surface area contributed by atoms with E-state index in [2.05, 4.69) is 11.6 Å². The van der Waals surface area contributed by atoms with Crippen molar-refractivity contribution in [2.75, 3.05) is 6.54 Å². The first-order valence-corrected chi connectivity index (χ1v) is 3.75.